The summed E-state index contributed by atoms with van der Waals surface area (Å²) >= 11 is 0. The molecule has 32 heavy (non-hydrogen) atoms. The Morgan fingerprint density at radius 1 is 1.03 bits per heavy atom. The van der Waals surface area contributed by atoms with Crippen molar-refractivity contribution in [3.05, 3.63) is 89.5 Å². The molecule has 6 heteroatoms. The van der Waals surface area contributed by atoms with E-state index in [1.165, 1.54) is 0 Å². The summed E-state index contributed by atoms with van der Waals surface area (Å²) in [5.41, 5.74) is 4.85. The highest BCUT2D eigenvalue weighted by Crippen LogP contribution is 2.34. The summed E-state index contributed by atoms with van der Waals surface area (Å²) in [7, 11) is 0. The molecule has 6 nitrogen and oxygen atoms in total. The molecule has 1 aliphatic heterocycles. The fraction of sp³-hybridized carbons (Fsp3) is 0.269. The van der Waals surface area contributed by atoms with Crippen LogP contribution in [0, 0.1) is 0 Å². The molecule has 1 fully saturated rings. The number of para-hydroxylation sites is 1. The van der Waals surface area contributed by atoms with E-state index in [2.05, 4.69) is 22.4 Å². The third kappa shape index (κ3) is 3.96. The third-order valence-electron chi connectivity index (χ3n) is 6.04. The molecule has 0 N–H and O–H groups in total. The molecule has 5 rings (SSSR count). The van der Waals surface area contributed by atoms with Gasteiger partial charge in [0.25, 0.3) is 5.91 Å². The standard InChI is InChI=1S/C26H26N4O2/c1-2-32-22-15-13-20(14-16-22)24-8-5-17-29(24)26(31)21-11-9-19(10-12-21)18-30-25-7-4-3-6-23(25)27-28-30/h3-4,6-7,9-16,24H,2,5,8,17-18H2,1H3/t24-/m1/s1. The Morgan fingerprint density at radius 3 is 2.59 bits per heavy atom. The van der Waals surface area contributed by atoms with E-state index in [0.29, 0.717) is 13.2 Å². The fourth-order valence-electron chi connectivity index (χ4n) is 4.43. The number of fused-ring (bicyclic) bond motifs is 1. The fourth-order valence-corrected chi connectivity index (χ4v) is 4.43. The highest BCUT2D eigenvalue weighted by atomic mass is 16.5. The zero-order chi connectivity index (χ0) is 21.9. The molecule has 0 radical (unpaired) electrons. The van der Waals surface area contributed by atoms with Crippen LogP contribution < -0.4 is 4.74 Å². The van der Waals surface area contributed by atoms with Crippen molar-refractivity contribution >= 4 is 16.9 Å². The number of amides is 1. The first-order valence-electron chi connectivity index (χ1n) is 11.1. The number of hydrogen-bond donors (Lipinski definition) is 0. The molecule has 1 aliphatic rings. The number of rotatable bonds is 6. The number of carbonyl (C=O) groups is 1. The van der Waals surface area contributed by atoms with Gasteiger partial charge in [-0.1, -0.05) is 41.6 Å². The second-order valence-corrected chi connectivity index (χ2v) is 8.09. The van der Waals surface area contributed by atoms with Crippen molar-refractivity contribution in [3.63, 3.8) is 0 Å². The van der Waals surface area contributed by atoms with E-state index in [0.717, 1.165) is 52.9 Å². The zero-order valence-electron chi connectivity index (χ0n) is 18.1. The van der Waals surface area contributed by atoms with Gasteiger partial charge in [0.15, 0.2) is 0 Å². The summed E-state index contributed by atoms with van der Waals surface area (Å²) in [6, 6.07) is 24.0. The van der Waals surface area contributed by atoms with Crippen LogP contribution in [-0.4, -0.2) is 39.0 Å². The van der Waals surface area contributed by atoms with Gasteiger partial charge in [0, 0.05) is 12.1 Å². The topological polar surface area (TPSA) is 60.2 Å². The van der Waals surface area contributed by atoms with E-state index >= 15 is 0 Å². The Kier molecular flexibility index (Phi) is 5.58. The number of nitrogens with zero attached hydrogens (tertiary/aromatic N) is 4. The molecular formula is C26H26N4O2. The number of hydrogen-bond acceptors (Lipinski definition) is 4. The van der Waals surface area contributed by atoms with Gasteiger partial charge in [0.05, 0.1) is 24.7 Å². The predicted octanol–water partition coefficient (Wildman–Crippen LogP) is 4.86. The van der Waals surface area contributed by atoms with Gasteiger partial charge in [-0.15, -0.1) is 5.10 Å². The zero-order valence-corrected chi connectivity index (χ0v) is 18.1. The Hall–Kier alpha value is -3.67. The van der Waals surface area contributed by atoms with Gasteiger partial charge in [-0.3, -0.25) is 4.79 Å². The van der Waals surface area contributed by atoms with Gasteiger partial charge in [0.1, 0.15) is 11.3 Å². The van der Waals surface area contributed by atoms with Gasteiger partial charge >= 0.3 is 0 Å². The summed E-state index contributed by atoms with van der Waals surface area (Å²) in [4.78, 5) is 15.3. The Morgan fingerprint density at radius 2 is 1.81 bits per heavy atom. The van der Waals surface area contributed by atoms with Crippen LogP contribution in [0.1, 0.15) is 47.3 Å². The third-order valence-corrected chi connectivity index (χ3v) is 6.04. The van der Waals surface area contributed by atoms with Gasteiger partial charge < -0.3 is 9.64 Å². The number of aromatic nitrogens is 3. The lowest BCUT2D eigenvalue weighted by molar-refractivity contribution is 0.0735. The SMILES string of the molecule is CCOc1ccc([C@H]2CCCN2C(=O)c2ccc(Cn3nnc4ccccc43)cc2)cc1. The minimum absolute atomic E-state index is 0.0825. The molecule has 0 saturated carbocycles. The summed E-state index contributed by atoms with van der Waals surface area (Å²) in [5.74, 6) is 0.946. The van der Waals surface area contributed by atoms with Gasteiger partial charge in [-0.2, -0.15) is 0 Å². The Labute approximate surface area is 187 Å². The van der Waals surface area contributed by atoms with Crippen molar-refractivity contribution in [2.75, 3.05) is 13.2 Å². The van der Waals surface area contributed by atoms with Crippen molar-refractivity contribution in [2.45, 2.75) is 32.4 Å². The highest BCUT2D eigenvalue weighted by molar-refractivity contribution is 5.94. The van der Waals surface area contributed by atoms with Crippen LogP contribution in [0.3, 0.4) is 0 Å². The Balaban J connectivity index is 1.30. The van der Waals surface area contributed by atoms with Crippen molar-refractivity contribution in [1.29, 1.82) is 0 Å². The van der Waals surface area contributed by atoms with Crippen molar-refractivity contribution in [1.82, 2.24) is 19.9 Å². The average Bonchev–Trinajstić information content (AvgIpc) is 3.48. The van der Waals surface area contributed by atoms with Crippen LogP contribution >= 0.6 is 0 Å². The van der Waals surface area contributed by atoms with E-state index in [4.69, 9.17) is 4.74 Å². The molecule has 4 aromatic rings. The lowest BCUT2D eigenvalue weighted by Crippen LogP contribution is -2.30. The molecule has 0 spiro atoms. The lowest BCUT2D eigenvalue weighted by Gasteiger charge is -2.25. The van der Waals surface area contributed by atoms with Gasteiger partial charge in [-0.25, -0.2) is 4.68 Å². The molecule has 3 aromatic carbocycles. The quantitative estimate of drug-likeness (QED) is 0.442. The highest BCUT2D eigenvalue weighted by Gasteiger charge is 2.30. The second kappa shape index (κ2) is 8.83. The number of benzene rings is 3. The minimum atomic E-state index is 0.0825. The van der Waals surface area contributed by atoms with Gasteiger partial charge in [-0.05, 0) is 67.3 Å². The molecule has 0 bridgehead atoms. The maximum Gasteiger partial charge on any atom is 0.254 e. The molecule has 0 aliphatic carbocycles. The average molecular weight is 427 g/mol. The van der Waals surface area contributed by atoms with Crippen LogP contribution in [0.15, 0.2) is 72.8 Å². The normalized spacial score (nSPS) is 15.9. The van der Waals surface area contributed by atoms with Crippen LogP contribution in [0.25, 0.3) is 11.0 Å². The molecule has 0 unspecified atom stereocenters. The first-order chi connectivity index (χ1) is 15.7. The van der Waals surface area contributed by atoms with Crippen LogP contribution in [0.4, 0.5) is 0 Å². The molecule has 2 heterocycles. The van der Waals surface area contributed by atoms with E-state index < -0.39 is 0 Å². The van der Waals surface area contributed by atoms with E-state index in [1.54, 1.807) is 0 Å². The first kappa shape index (κ1) is 20.2. The molecule has 1 amide bonds. The van der Waals surface area contributed by atoms with E-state index in [9.17, 15) is 4.79 Å². The molecular weight excluding hydrogens is 400 g/mol. The lowest BCUT2D eigenvalue weighted by atomic mass is 10.0. The number of carbonyl (C=O) groups excluding carboxylic acids is 1. The van der Waals surface area contributed by atoms with Gasteiger partial charge in [0.2, 0.25) is 0 Å². The minimum Gasteiger partial charge on any atom is -0.494 e. The smallest absolute Gasteiger partial charge is 0.254 e. The summed E-state index contributed by atoms with van der Waals surface area (Å²) < 4.78 is 7.43. The Bertz CT molecular complexity index is 1210. The van der Waals surface area contributed by atoms with Crippen LogP contribution in [0.5, 0.6) is 5.75 Å². The van der Waals surface area contributed by atoms with Crippen LogP contribution in [0.2, 0.25) is 0 Å². The number of likely N-dealkylation sites (tertiary alicyclic amines) is 1. The molecule has 162 valence electrons. The summed E-state index contributed by atoms with van der Waals surface area (Å²) in [5, 5.41) is 8.46. The van der Waals surface area contributed by atoms with Crippen molar-refractivity contribution < 1.29 is 9.53 Å². The largest absolute Gasteiger partial charge is 0.494 e. The first-order valence-corrected chi connectivity index (χ1v) is 11.1. The summed E-state index contributed by atoms with van der Waals surface area (Å²) in [6.45, 7) is 4.03. The van der Waals surface area contributed by atoms with E-state index in [-0.39, 0.29) is 11.9 Å². The van der Waals surface area contributed by atoms with Crippen molar-refractivity contribution in [2.24, 2.45) is 0 Å². The maximum atomic E-state index is 13.3. The molecule has 1 aromatic heterocycles. The molecule has 1 saturated heterocycles. The summed E-state index contributed by atoms with van der Waals surface area (Å²) in [6.07, 6.45) is 2.00. The monoisotopic (exact) mass is 426 g/mol. The van der Waals surface area contributed by atoms with Crippen molar-refractivity contribution in [3.8, 4) is 5.75 Å². The predicted molar refractivity (Wildman–Crippen MR) is 124 cm³/mol. The maximum absolute atomic E-state index is 13.3. The van der Waals surface area contributed by atoms with E-state index in [1.807, 2.05) is 77.2 Å². The number of ether oxygens (including phenoxy) is 1. The van der Waals surface area contributed by atoms with Crippen LogP contribution in [-0.2, 0) is 6.54 Å². The second-order valence-electron chi connectivity index (χ2n) is 8.09. The molecule has 1 atom stereocenters.